The fraction of sp³-hybridized carbons (Fsp3) is 0.636. The van der Waals surface area contributed by atoms with Gasteiger partial charge in [-0.3, -0.25) is 0 Å². The summed E-state index contributed by atoms with van der Waals surface area (Å²) in [5.74, 6) is 2.10. The summed E-state index contributed by atoms with van der Waals surface area (Å²) in [5.41, 5.74) is 0. The van der Waals surface area contributed by atoms with Gasteiger partial charge in [-0.15, -0.1) is 0 Å². The quantitative estimate of drug-likeness (QED) is 0.786. The highest BCUT2D eigenvalue weighted by atomic mass is 32.2. The Morgan fingerprint density at radius 1 is 1.57 bits per heavy atom. The van der Waals surface area contributed by atoms with Crippen LogP contribution in [0, 0.1) is 0 Å². The van der Waals surface area contributed by atoms with Crippen molar-refractivity contribution in [2.75, 3.05) is 12.8 Å². The van der Waals surface area contributed by atoms with Crippen LogP contribution in [0.4, 0.5) is 0 Å². The first-order chi connectivity index (χ1) is 6.77. The van der Waals surface area contributed by atoms with Gasteiger partial charge in [0.25, 0.3) is 0 Å². The SMILES string of the molecule is CCC(C)SCC(NC)c1ccco1. The molecule has 1 aromatic heterocycles. The third-order valence-corrected chi connectivity index (χ3v) is 3.79. The van der Waals surface area contributed by atoms with Crippen molar-refractivity contribution in [3.05, 3.63) is 24.2 Å². The van der Waals surface area contributed by atoms with Crippen molar-refractivity contribution in [1.82, 2.24) is 5.32 Å². The van der Waals surface area contributed by atoms with Gasteiger partial charge in [0.15, 0.2) is 0 Å². The van der Waals surface area contributed by atoms with Crippen LogP contribution in [-0.4, -0.2) is 18.1 Å². The van der Waals surface area contributed by atoms with E-state index in [1.807, 2.05) is 30.9 Å². The fourth-order valence-corrected chi connectivity index (χ4v) is 2.26. The summed E-state index contributed by atoms with van der Waals surface area (Å²) in [6.45, 7) is 4.48. The molecule has 14 heavy (non-hydrogen) atoms. The van der Waals surface area contributed by atoms with Crippen LogP contribution in [0.5, 0.6) is 0 Å². The highest BCUT2D eigenvalue weighted by molar-refractivity contribution is 7.99. The minimum Gasteiger partial charge on any atom is -0.468 e. The first-order valence-electron chi connectivity index (χ1n) is 5.10. The highest BCUT2D eigenvalue weighted by Crippen LogP contribution is 2.22. The lowest BCUT2D eigenvalue weighted by Gasteiger charge is -2.15. The zero-order chi connectivity index (χ0) is 10.4. The lowest BCUT2D eigenvalue weighted by atomic mass is 10.2. The first kappa shape index (κ1) is 11.7. The Morgan fingerprint density at radius 3 is 2.86 bits per heavy atom. The minimum absolute atomic E-state index is 0.337. The fourth-order valence-electron chi connectivity index (χ4n) is 1.18. The predicted molar refractivity (Wildman–Crippen MR) is 62.7 cm³/mol. The molecule has 3 heteroatoms. The van der Waals surface area contributed by atoms with E-state index in [2.05, 4.69) is 19.2 Å². The Labute approximate surface area is 90.5 Å². The van der Waals surface area contributed by atoms with E-state index >= 15 is 0 Å². The number of thioether (sulfide) groups is 1. The topological polar surface area (TPSA) is 25.2 Å². The van der Waals surface area contributed by atoms with E-state index in [1.165, 1.54) is 6.42 Å². The largest absolute Gasteiger partial charge is 0.468 e. The summed E-state index contributed by atoms with van der Waals surface area (Å²) in [6, 6.07) is 4.30. The van der Waals surface area contributed by atoms with Crippen LogP contribution in [0.25, 0.3) is 0 Å². The maximum absolute atomic E-state index is 5.38. The van der Waals surface area contributed by atoms with Gasteiger partial charge >= 0.3 is 0 Å². The lowest BCUT2D eigenvalue weighted by Crippen LogP contribution is -2.19. The Balaban J connectivity index is 2.40. The molecule has 1 N–H and O–H groups in total. The lowest BCUT2D eigenvalue weighted by molar-refractivity contribution is 0.452. The van der Waals surface area contributed by atoms with Crippen molar-refractivity contribution < 1.29 is 4.42 Å². The van der Waals surface area contributed by atoms with Crippen molar-refractivity contribution in [1.29, 1.82) is 0 Å². The average molecular weight is 213 g/mol. The molecular weight excluding hydrogens is 194 g/mol. The predicted octanol–water partition coefficient (Wildman–Crippen LogP) is 3.07. The molecule has 0 amide bonds. The summed E-state index contributed by atoms with van der Waals surface area (Å²) >= 11 is 1.98. The molecule has 0 aliphatic carbocycles. The molecule has 0 aliphatic heterocycles. The van der Waals surface area contributed by atoms with Crippen LogP contribution in [0.1, 0.15) is 32.1 Å². The Bertz CT molecular complexity index is 235. The van der Waals surface area contributed by atoms with Crippen LogP contribution in [0.15, 0.2) is 22.8 Å². The van der Waals surface area contributed by atoms with Gasteiger partial charge < -0.3 is 9.73 Å². The van der Waals surface area contributed by atoms with Gasteiger partial charge in [-0.2, -0.15) is 11.8 Å². The molecule has 2 unspecified atom stereocenters. The summed E-state index contributed by atoms with van der Waals surface area (Å²) in [6.07, 6.45) is 2.95. The Kier molecular flexibility index (Phi) is 5.12. The molecule has 2 nitrogen and oxygen atoms in total. The summed E-state index contributed by atoms with van der Waals surface area (Å²) in [4.78, 5) is 0. The molecule has 0 saturated heterocycles. The highest BCUT2D eigenvalue weighted by Gasteiger charge is 2.12. The zero-order valence-corrected chi connectivity index (χ0v) is 9.93. The van der Waals surface area contributed by atoms with Gasteiger partial charge in [-0.1, -0.05) is 13.8 Å². The maximum Gasteiger partial charge on any atom is 0.121 e. The van der Waals surface area contributed by atoms with E-state index in [-0.39, 0.29) is 0 Å². The van der Waals surface area contributed by atoms with Crippen molar-refractivity contribution in [2.45, 2.75) is 31.6 Å². The van der Waals surface area contributed by atoms with Crippen molar-refractivity contribution >= 4 is 11.8 Å². The van der Waals surface area contributed by atoms with Crippen LogP contribution in [0.2, 0.25) is 0 Å². The number of rotatable bonds is 6. The standard InChI is InChI=1S/C11H19NOS/c1-4-9(2)14-8-10(12-3)11-6-5-7-13-11/h5-7,9-10,12H,4,8H2,1-3H3. The second kappa shape index (κ2) is 6.14. The smallest absolute Gasteiger partial charge is 0.121 e. The molecule has 2 atom stereocenters. The van der Waals surface area contributed by atoms with Gasteiger partial charge in [0.1, 0.15) is 5.76 Å². The van der Waals surface area contributed by atoms with Crippen molar-refractivity contribution in [2.24, 2.45) is 0 Å². The molecule has 80 valence electrons. The second-order valence-corrected chi connectivity index (χ2v) is 4.88. The van der Waals surface area contributed by atoms with Gasteiger partial charge in [-0.05, 0) is 25.6 Å². The molecule has 0 fully saturated rings. The summed E-state index contributed by atoms with van der Waals surface area (Å²) < 4.78 is 5.38. The van der Waals surface area contributed by atoms with E-state index < -0.39 is 0 Å². The van der Waals surface area contributed by atoms with E-state index in [0.717, 1.165) is 16.8 Å². The summed E-state index contributed by atoms with van der Waals surface area (Å²) in [7, 11) is 1.98. The molecule has 0 aliphatic rings. The second-order valence-electron chi connectivity index (χ2n) is 3.41. The Hall–Kier alpha value is -0.410. The molecular formula is C11H19NOS. The third-order valence-electron chi connectivity index (χ3n) is 2.36. The average Bonchev–Trinajstić information content (AvgIpc) is 2.72. The minimum atomic E-state index is 0.337. The van der Waals surface area contributed by atoms with Crippen LogP contribution in [0.3, 0.4) is 0 Å². The number of hydrogen-bond acceptors (Lipinski definition) is 3. The molecule has 1 rings (SSSR count). The van der Waals surface area contributed by atoms with Gasteiger partial charge in [0, 0.05) is 11.0 Å². The van der Waals surface area contributed by atoms with E-state index in [9.17, 15) is 0 Å². The first-order valence-corrected chi connectivity index (χ1v) is 6.15. The van der Waals surface area contributed by atoms with E-state index in [1.54, 1.807) is 6.26 Å². The van der Waals surface area contributed by atoms with Gasteiger partial charge in [0.2, 0.25) is 0 Å². The van der Waals surface area contributed by atoms with Gasteiger partial charge in [0.05, 0.1) is 12.3 Å². The number of nitrogens with one attached hydrogen (secondary N) is 1. The normalized spacial score (nSPS) is 15.4. The van der Waals surface area contributed by atoms with Crippen molar-refractivity contribution in [3.8, 4) is 0 Å². The molecule has 0 spiro atoms. The Morgan fingerprint density at radius 2 is 2.36 bits per heavy atom. The molecule has 0 radical (unpaired) electrons. The monoisotopic (exact) mass is 213 g/mol. The van der Waals surface area contributed by atoms with E-state index in [4.69, 9.17) is 4.42 Å². The van der Waals surface area contributed by atoms with E-state index in [0.29, 0.717) is 6.04 Å². The summed E-state index contributed by atoms with van der Waals surface area (Å²) in [5, 5.41) is 3.99. The van der Waals surface area contributed by atoms with Gasteiger partial charge in [-0.25, -0.2) is 0 Å². The van der Waals surface area contributed by atoms with Crippen LogP contribution < -0.4 is 5.32 Å². The maximum atomic E-state index is 5.38. The molecule has 0 bridgehead atoms. The number of furan rings is 1. The van der Waals surface area contributed by atoms with Crippen molar-refractivity contribution in [3.63, 3.8) is 0 Å². The van der Waals surface area contributed by atoms with Crippen LogP contribution >= 0.6 is 11.8 Å². The molecule has 1 heterocycles. The molecule has 0 saturated carbocycles. The van der Waals surface area contributed by atoms with Crippen LogP contribution in [-0.2, 0) is 0 Å². The molecule has 0 aromatic carbocycles. The number of hydrogen-bond donors (Lipinski definition) is 1. The zero-order valence-electron chi connectivity index (χ0n) is 9.12. The molecule has 1 aromatic rings. The third kappa shape index (κ3) is 3.39.